The zero-order valence-corrected chi connectivity index (χ0v) is 21.8. The van der Waals surface area contributed by atoms with Gasteiger partial charge in [-0.2, -0.15) is 0 Å². The fourth-order valence-electron chi connectivity index (χ4n) is 3.43. The van der Waals surface area contributed by atoms with E-state index in [4.69, 9.17) is 4.74 Å². The van der Waals surface area contributed by atoms with Crippen molar-refractivity contribution in [3.8, 4) is 0 Å². The maximum Gasteiger partial charge on any atom is 0.408 e. The highest BCUT2D eigenvalue weighted by atomic mass is 16.6. The number of benzene rings is 1. The van der Waals surface area contributed by atoms with E-state index >= 15 is 0 Å². The summed E-state index contributed by atoms with van der Waals surface area (Å²) < 4.78 is 9.99. The van der Waals surface area contributed by atoms with E-state index in [2.05, 4.69) is 21.9 Å². The van der Waals surface area contributed by atoms with E-state index in [1.807, 2.05) is 32.9 Å². The van der Waals surface area contributed by atoms with Crippen LogP contribution in [0.4, 0.5) is 4.79 Å². The van der Waals surface area contributed by atoms with Gasteiger partial charge in [0.15, 0.2) is 0 Å². The molecule has 0 aromatic heterocycles. The Balaban J connectivity index is 3.47. The molecule has 0 saturated heterocycles. The molecule has 194 valence electrons. The fraction of sp³-hybridized carbons (Fsp3) is 0.538. The van der Waals surface area contributed by atoms with Crippen LogP contribution in [-0.4, -0.2) is 60.6 Å². The van der Waals surface area contributed by atoms with Crippen LogP contribution in [0.25, 0.3) is 0 Å². The number of hydrogen-bond donors (Lipinski definition) is 2. The number of carbonyl (C=O) groups is 4. The van der Waals surface area contributed by atoms with Crippen LogP contribution in [0.5, 0.6) is 0 Å². The summed E-state index contributed by atoms with van der Waals surface area (Å²) in [5.41, 5.74) is 0.629. The molecule has 1 aromatic carbocycles. The molecule has 3 amide bonds. The maximum absolute atomic E-state index is 13.9. The number of hydrogen-bond acceptors (Lipinski definition) is 6. The number of nitrogens with zero attached hydrogens (tertiary/aromatic N) is 1. The second-order valence-corrected chi connectivity index (χ2v) is 9.34. The number of ether oxygens (including phenoxy) is 2. The number of rotatable bonds is 11. The van der Waals surface area contributed by atoms with Crippen LogP contribution >= 0.6 is 0 Å². The molecule has 0 fully saturated rings. The van der Waals surface area contributed by atoms with Crippen molar-refractivity contribution in [1.29, 1.82) is 0 Å². The first-order valence-electron chi connectivity index (χ1n) is 11.7. The lowest BCUT2D eigenvalue weighted by Gasteiger charge is -2.36. The molecule has 1 aromatic rings. The van der Waals surface area contributed by atoms with Gasteiger partial charge < -0.3 is 25.0 Å². The van der Waals surface area contributed by atoms with Crippen LogP contribution in [-0.2, 0) is 23.9 Å². The SMILES string of the molecule is C=CCN(C(=O)C(NC(=O)OC(C)(C)C)C(C)CC)C(C(=O)NCC(=O)OC)c1ccccc1C. The van der Waals surface area contributed by atoms with E-state index in [0.717, 1.165) is 5.56 Å². The van der Waals surface area contributed by atoms with Gasteiger partial charge in [0.25, 0.3) is 0 Å². The van der Waals surface area contributed by atoms with Gasteiger partial charge in [-0.1, -0.05) is 50.6 Å². The molecule has 1 rings (SSSR count). The smallest absolute Gasteiger partial charge is 0.408 e. The van der Waals surface area contributed by atoms with E-state index < -0.39 is 41.6 Å². The summed E-state index contributed by atoms with van der Waals surface area (Å²) >= 11 is 0. The first-order chi connectivity index (χ1) is 16.4. The molecule has 3 atom stereocenters. The van der Waals surface area contributed by atoms with Crippen LogP contribution in [0, 0.1) is 12.8 Å². The lowest BCUT2D eigenvalue weighted by Crippen LogP contribution is -2.55. The molecule has 0 radical (unpaired) electrons. The molecule has 0 bridgehead atoms. The Hall–Kier alpha value is -3.36. The average Bonchev–Trinajstić information content (AvgIpc) is 2.79. The van der Waals surface area contributed by atoms with E-state index in [9.17, 15) is 19.2 Å². The third kappa shape index (κ3) is 9.07. The first-order valence-corrected chi connectivity index (χ1v) is 11.7. The molecule has 0 aliphatic heterocycles. The van der Waals surface area contributed by atoms with Gasteiger partial charge in [0.2, 0.25) is 11.8 Å². The molecule has 35 heavy (non-hydrogen) atoms. The summed E-state index contributed by atoms with van der Waals surface area (Å²) in [6.45, 7) is 14.2. The predicted molar refractivity (Wildman–Crippen MR) is 133 cm³/mol. The Kier molecular flexibility index (Phi) is 11.5. The molecule has 0 heterocycles. The van der Waals surface area contributed by atoms with Gasteiger partial charge in [0.1, 0.15) is 24.2 Å². The van der Waals surface area contributed by atoms with Gasteiger partial charge >= 0.3 is 12.1 Å². The molecular weight excluding hydrogens is 450 g/mol. The topological polar surface area (TPSA) is 114 Å². The van der Waals surface area contributed by atoms with Gasteiger partial charge in [-0.15, -0.1) is 6.58 Å². The second kappa shape index (κ2) is 13.5. The Bertz CT molecular complexity index is 909. The normalized spacial score (nSPS) is 13.6. The van der Waals surface area contributed by atoms with E-state index in [1.165, 1.54) is 18.1 Å². The molecule has 2 N–H and O–H groups in total. The number of nitrogens with one attached hydrogen (secondary N) is 2. The minimum atomic E-state index is -1.07. The van der Waals surface area contributed by atoms with Crippen molar-refractivity contribution in [2.24, 2.45) is 5.92 Å². The minimum Gasteiger partial charge on any atom is -0.468 e. The standard InChI is InChI=1S/C26H39N3O6/c1-9-15-29(24(32)21(17(3)10-2)28-25(33)35-26(5,6)7)22(19-14-12-11-13-18(19)4)23(31)27-16-20(30)34-8/h9,11-14,17,21-22H,1,10,15-16H2,2-8H3,(H,27,31)(H,28,33). The summed E-state index contributed by atoms with van der Waals surface area (Å²) in [5.74, 6) is -1.89. The third-order valence-corrected chi connectivity index (χ3v) is 5.44. The van der Waals surface area contributed by atoms with Crippen LogP contribution < -0.4 is 10.6 Å². The van der Waals surface area contributed by atoms with Crippen molar-refractivity contribution in [3.63, 3.8) is 0 Å². The zero-order valence-electron chi connectivity index (χ0n) is 21.8. The van der Waals surface area contributed by atoms with Crippen molar-refractivity contribution >= 4 is 23.9 Å². The van der Waals surface area contributed by atoms with Crippen LogP contribution in [0.1, 0.15) is 58.2 Å². The lowest BCUT2D eigenvalue weighted by molar-refractivity contribution is -0.144. The van der Waals surface area contributed by atoms with Crippen molar-refractivity contribution < 1.29 is 28.7 Å². The fourth-order valence-corrected chi connectivity index (χ4v) is 3.43. The largest absolute Gasteiger partial charge is 0.468 e. The van der Waals surface area contributed by atoms with Gasteiger partial charge in [-0.3, -0.25) is 14.4 Å². The monoisotopic (exact) mass is 489 g/mol. The highest BCUT2D eigenvalue weighted by Crippen LogP contribution is 2.27. The van der Waals surface area contributed by atoms with Gasteiger partial charge in [0.05, 0.1) is 7.11 Å². The van der Waals surface area contributed by atoms with E-state index in [0.29, 0.717) is 12.0 Å². The Morgan fingerprint density at radius 2 is 1.80 bits per heavy atom. The molecule has 3 unspecified atom stereocenters. The summed E-state index contributed by atoms with van der Waals surface area (Å²) in [6, 6.07) is 5.16. The summed E-state index contributed by atoms with van der Waals surface area (Å²) in [5, 5.41) is 5.24. The number of aryl methyl sites for hydroxylation is 1. The number of alkyl carbamates (subject to hydrolysis) is 1. The number of methoxy groups -OCH3 is 1. The van der Waals surface area contributed by atoms with E-state index in [-0.39, 0.29) is 19.0 Å². The molecule has 9 heteroatoms. The van der Waals surface area contributed by atoms with Crippen molar-refractivity contribution in [3.05, 3.63) is 48.0 Å². The molecule has 0 spiro atoms. The summed E-state index contributed by atoms with van der Waals surface area (Å²) in [7, 11) is 1.22. The van der Waals surface area contributed by atoms with Crippen molar-refractivity contribution in [1.82, 2.24) is 15.5 Å². The molecule has 0 aliphatic carbocycles. The highest BCUT2D eigenvalue weighted by Gasteiger charge is 2.38. The number of carbonyl (C=O) groups excluding carboxylic acids is 4. The Morgan fingerprint density at radius 1 is 1.17 bits per heavy atom. The quantitative estimate of drug-likeness (QED) is 0.364. The average molecular weight is 490 g/mol. The summed E-state index contributed by atoms with van der Waals surface area (Å²) in [4.78, 5) is 52.8. The van der Waals surface area contributed by atoms with Crippen molar-refractivity contribution in [2.75, 3.05) is 20.2 Å². The highest BCUT2D eigenvalue weighted by molar-refractivity contribution is 5.93. The molecule has 0 saturated carbocycles. The van der Waals surface area contributed by atoms with Crippen LogP contribution in [0.2, 0.25) is 0 Å². The van der Waals surface area contributed by atoms with E-state index in [1.54, 1.807) is 32.9 Å². The zero-order chi connectivity index (χ0) is 26.8. The van der Waals surface area contributed by atoms with Crippen molar-refractivity contribution in [2.45, 2.75) is 65.6 Å². The maximum atomic E-state index is 13.9. The first kappa shape index (κ1) is 29.7. The minimum absolute atomic E-state index is 0.0341. The molecule has 0 aliphatic rings. The van der Waals surface area contributed by atoms with Gasteiger partial charge in [-0.05, 0) is 44.7 Å². The Morgan fingerprint density at radius 3 is 2.31 bits per heavy atom. The number of amides is 3. The Labute approximate surface area is 208 Å². The van der Waals surface area contributed by atoms with Gasteiger partial charge in [-0.25, -0.2) is 4.79 Å². The third-order valence-electron chi connectivity index (χ3n) is 5.44. The summed E-state index contributed by atoms with van der Waals surface area (Å²) in [6.07, 6.45) is 1.38. The molecule has 9 nitrogen and oxygen atoms in total. The second-order valence-electron chi connectivity index (χ2n) is 9.34. The van der Waals surface area contributed by atoms with Crippen LogP contribution in [0.3, 0.4) is 0 Å². The van der Waals surface area contributed by atoms with Crippen LogP contribution in [0.15, 0.2) is 36.9 Å². The predicted octanol–water partition coefficient (Wildman–Crippen LogP) is 3.28. The molecular formula is C26H39N3O6. The van der Waals surface area contributed by atoms with Gasteiger partial charge in [0, 0.05) is 6.54 Å². The lowest BCUT2D eigenvalue weighted by atomic mass is 9.94. The number of esters is 1.